The number of thioether (sulfide) groups is 2. The van der Waals surface area contributed by atoms with Gasteiger partial charge in [-0.2, -0.15) is 0 Å². The molecule has 0 radical (unpaired) electrons. The average molecular weight is 1040 g/mol. The van der Waals surface area contributed by atoms with Crippen molar-refractivity contribution in [2.24, 2.45) is 5.16 Å². The minimum Gasteiger partial charge on any atom is -0.614 e. The molecule has 20 heteroatoms. The van der Waals surface area contributed by atoms with Crippen LogP contribution in [-0.2, 0) is 45.5 Å². The highest BCUT2D eigenvalue weighted by atomic mass is 32.2. The molecule has 366 valence electrons. The lowest BCUT2D eigenvalue weighted by Crippen LogP contribution is -2.75. The molecule has 9 rings (SSSR count). The van der Waals surface area contributed by atoms with Gasteiger partial charge in [0.25, 0.3) is 11.8 Å². The second kappa shape index (κ2) is 22.0. The molecule has 0 bridgehead atoms. The summed E-state index contributed by atoms with van der Waals surface area (Å²) in [5, 5.41) is 21.8. The van der Waals surface area contributed by atoms with Crippen molar-refractivity contribution >= 4 is 80.8 Å². The van der Waals surface area contributed by atoms with Crippen molar-refractivity contribution in [1.29, 1.82) is 0 Å². The highest BCUT2D eigenvalue weighted by molar-refractivity contribution is 8.18. The molecule has 72 heavy (non-hydrogen) atoms. The van der Waals surface area contributed by atoms with Gasteiger partial charge < -0.3 is 24.2 Å². The maximum absolute atomic E-state index is 14.9. The number of aromatic nitrogens is 4. The minimum absolute atomic E-state index is 0.0136. The Hall–Kier alpha value is -7.23. The fourth-order valence-corrected chi connectivity index (χ4v) is 12.8. The van der Waals surface area contributed by atoms with Crippen LogP contribution in [0.1, 0.15) is 60.4 Å². The molecule has 0 aliphatic carbocycles. The van der Waals surface area contributed by atoms with Crippen LogP contribution in [0, 0.1) is 0 Å². The number of rotatable bonds is 17. The maximum Gasteiger partial charge on any atom is 0.413 e. The van der Waals surface area contributed by atoms with E-state index in [0.29, 0.717) is 42.8 Å². The summed E-state index contributed by atoms with van der Waals surface area (Å²) >= 11 is 1.74. The number of H-pyrrole nitrogens is 1. The summed E-state index contributed by atoms with van der Waals surface area (Å²) in [6, 6.07) is 45.2. The molecule has 3 amide bonds. The van der Waals surface area contributed by atoms with Crippen LogP contribution in [0.3, 0.4) is 0 Å². The van der Waals surface area contributed by atoms with E-state index in [1.54, 1.807) is 27.0 Å². The van der Waals surface area contributed by atoms with Crippen LogP contribution in [0.25, 0.3) is 0 Å². The second-order valence-corrected chi connectivity index (χ2v) is 22.0. The number of carbonyl (C=O) groups is 4. The van der Waals surface area contributed by atoms with Crippen molar-refractivity contribution in [3.8, 4) is 0 Å². The Labute approximate surface area is 430 Å². The number of hydrogen-bond acceptors (Lipinski definition) is 15. The third-order valence-corrected chi connectivity index (χ3v) is 15.9. The molecular weight excluding hydrogens is 993 g/mol. The molecule has 1 unspecified atom stereocenters. The number of amides is 3. The van der Waals surface area contributed by atoms with Gasteiger partial charge in [-0.3, -0.25) is 24.9 Å². The molecule has 2 aromatic heterocycles. The molecule has 4 heterocycles. The number of nitrogens with zero attached hydrogens (tertiary/aromatic N) is 5. The third-order valence-electron chi connectivity index (χ3n) is 11.2. The van der Waals surface area contributed by atoms with Crippen LogP contribution in [0.5, 0.6) is 0 Å². The van der Waals surface area contributed by atoms with Crippen molar-refractivity contribution in [2.75, 3.05) is 16.2 Å². The Bertz CT molecular complexity index is 2930. The summed E-state index contributed by atoms with van der Waals surface area (Å²) in [5.74, 6) is -2.55. The smallest absolute Gasteiger partial charge is 0.413 e. The predicted molar refractivity (Wildman–Crippen MR) is 277 cm³/mol. The molecular formula is C52H46N8O8S4. The number of fused-ring (bicyclic) bond motifs is 1. The molecule has 16 nitrogen and oxygen atoms in total. The number of benzene rings is 5. The molecule has 0 spiro atoms. The van der Waals surface area contributed by atoms with E-state index in [-0.39, 0.29) is 28.0 Å². The quantitative estimate of drug-likeness (QED) is 0.0114. The summed E-state index contributed by atoms with van der Waals surface area (Å²) in [4.78, 5) is 70.0. The number of aromatic amines is 1. The first-order chi connectivity index (χ1) is 34.9. The number of β-lactam (4-membered cyclic amide) rings is 1. The van der Waals surface area contributed by atoms with E-state index in [1.165, 1.54) is 28.9 Å². The van der Waals surface area contributed by atoms with Crippen molar-refractivity contribution in [3.05, 3.63) is 207 Å². The lowest BCUT2D eigenvalue weighted by atomic mass is 9.80. The Morgan fingerprint density at radius 2 is 1.40 bits per heavy atom. The SMILES string of the molecule is CC(C)(C)OC(=O)Nc1nc(/C(=N/OC(c2ccccc2)(c2ccccc2)c2ccccc2)C(=O)N[C@@H]2C(=O)N3C(C(=O)OC(c4ccccc4)c4ccccc4)=C(SCSc4c[nH]nn4)C[S+]([O-])[C@@H]23)cs1. The molecule has 2 aliphatic heterocycles. The Kier molecular flexibility index (Phi) is 15.2. The minimum atomic E-state index is -1.83. The summed E-state index contributed by atoms with van der Waals surface area (Å²) in [7, 11) is 0. The summed E-state index contributed by atoms with van der Waals surface area (Å²) in [6.07, 6.45) is -0.00524. The van der Waals surface area contributed by atoms with Gasteiger partial charge in [0.05, 0.1) is 16.2 Å². The average Bonchev–Trinajstić information content (AvgIpc) is 4.09. The lowest BCUT2D eigenvalue weighted by Gasteiger charge is -2.49. The Morgan fingerprint density at radius 3 is 1.93 bits per heavy atom. The van der Waals surface area contributed by atoms with E-state index in [0.717, 1.165) is 16.2 Å². The molecule has 0 saturated carbocycles. The van der Waals surface area contributed by atoms with Crippen molar-refractivity contribution in [1.82, 2.24) is 30.6 Å². The van der Waals surface area contributed by atoms with Gasteiger partial charge in [0, 0.05) is 22.1 Å². The van der Waals surface area contributed by atoms with Gasteiger partial charge in [0.1, 0.15) is 27.8 Å². The van der Waals surface area contributed by atoms with Gasteiger partial charge in [0.15, 0.2) is 23.0 Å². The highest BCUT2D eigenvalue weighted by Crippen LogP contribution is 2.44. The third kappa shape index (κ3) is 11.0. The predicted octanol–water partition coefficient (Wildman–Crippen LogP) is 8.76. The maximum atomic E-state index is 14.9. The highest BCUT2D eigenvalue weighted by Gasteiger charge is 2.62. The number of nitrogens with one attached hydrogen (secondary N) is 3. The number of oxime groups is 1. The molecule has 5 aromatic carbocycles. The number of esters is 1. The van der Waals surface area contributed by atoms with Crippen LogP contribution in [0.2, 0.25) is 0 Å². The first-order valence-electron chi connectivity index (χ1n) is 22.5. The van der Waals surface area contributed by atoms with Crippen molar-refractivity contribution in [2.45, 2.75) is 54.5 Å². The Balaban J connectivity index is 1.07. The van der Waals surface area contributed by atoms with E-state index in [1.807, 2.05) is 152 Å². The fraction of sp³-hybridized carbons (Fsp3) is 0.192. The number of anilines is 1. The monoisotopic (exact) mass is 1040 g/mol. The zero-order valence-corrected chi connectivity index (χ0v) is 42.1. The fourth-order valence-electron chi connectivity index (χ4n) is 8.05. The van der Waals surface area contributed by atoms with E-state index in [9.17, 15) is 23.7 Å². The number of carbonyl (C=O) groups excluding carboxylic acids is 4. The topological polar surface area (TPSA) is 213 Å². The van der Waals surface area contributed by atoms with Crippen LogP contribution in [-0.4, -0.2) is 87.3 Å². The normalized spacial score (nSPS) is 16.9. The molecule has 3 N–H and O–H groups in total. The molecule has 7 aromatic rings. The second-order valence-electron chi connectivity index (χ2n) is 17.1. The van der Waals surface area contributed by atoms with Crippen LogP contribution >= 0.6 is 34.9 Å². The molecule has 2 aliphatic rings. The van der Waals surface area contributed by atoms with Crippen LogP contribution < -0.4 is 10.6 Å². The first-order valence-corrected chi connectivity index (χ1v) is 26.7. The number of thiazole rings is 1. The summed E-state index contributed by atoms with van der Waals surface area (Å²) < 4.78 is 26.2. The van der Waals surface area contributed by atoms with Gasteiger partial charge in [-0.15, -0.1) is 28.2 Å². The summed E-state index contributed by atoms with van der Waals surface area (Å²) in [5.41, 5.74) is 0.727. The van der Waals surface area contributed by atoms with Crippen molar-refractivity contribution < 1.29 is 38.0 Å². The van der Waals surface area contributed by atoms with E-state index < -0.39 is 63.8 Å². The zero-order chi connectivity index (χ0) is 50.2. The van der Waals surface area contributed by atoms with Gasteiger partial charge in [-0.05, 0) is 43.1 Å². The van der Waals surface area contributed by atoms with Crippen LogP contribution in [0.4, 0.5) is 9.93 Å². The zero-order valence-electron chi connectivity index (χ0n) is 38.9. The van der Waals surface area contributed by atoms with Gasteiger partial charge in [0.2, 0.25) is 11.0 Å². The van der Waals surface area contributed by atoms with E-state index >= 15 is 0 Å². The molecule has 3 atom stereocenters. The lowest BCUT2D eigenvalue weighted by molar-refractivity contribution is -0.154. The first kappa shape index (κ1) is 49.7. The van der Waals surface area contributed by atoms with Gasteiger partial charge >= 0.3 is 12.1 Å². The Morgan fingerprint density at radius 1 is 0.847 bits per heavy atom. The molecule has 1 saturated heterocycles. The number of hydrogen-bond donors (Lipinski definition) is 3. The molecule has 1 fully saturated rings. The van der Waals surface area contributed by atoms with Gasteiger partial charge in [-0.1, -0.05) is 174 Å². The number of ether oxygens (including phenoxy) is 2. The van der Waals surface area contributed by atoms with Crippen LogP contribution in [0.15, 0.2) is 184 Å². The van der Waals surface area contributed by atoms with Crippen molar-refractivity contribution in [3.63, 3.8) is 0 Å². The standard InChI is InChI=1S/C52H46N8O8S4/c1-51(2,3)67-50(64)56-49-54-38(30-69-49)41(58-68-52(35-23-13-6-14-24-35,36-25-15-7-16-26-36)37-27-17-8-18-28-37)45(61)55-42-46(62)60-43(39(31-72(65)47(42)60)70-32-71-40-29-53-59-57-40)48(63)66-44(33-19-9-4-10-20-33)34-21-11-5-12-22-34/h4-30,42,44,47H,31-32H2,1-3H3,(H,55,61)(H,53,57,59)(H,54,56,64)/b58-41-/t42-,47+,72?/m1/s1. The van der Waals surface area contributed by atoms with E-state index in [4.69, 9.17) is 14.3 Å². The van der Waals surface area contributed by atoms with E-state index in [2.05, 4.69) is 36.2 Å². The largest absolute Gasteiger partial charge is 0.614 e. The summed E-state index contributed by atoms with van der Waals surface area (Å²) in [6.45, 7) is 5.17. The van der Waals surface area contributed by atoms with Gasteiger partial charge in [-0.25, -0.2) is 14.6 Å².